The molecule has 2 heteroatoms. The van der Waals surface area contributed by atoms with E-state index in [1.54, 1.807) is 7.11 Å². The molecule has 0 rings (SSSR count). The fourth-order valence-corrected chi connectivity index (χ4v) is 2.10. The van der Waals surface area contributed by atoms with Gasteiger partial charge in [0.05, 0.1) is 0 Å². The van der Waals surface area contributed by atoms with Crippen LogP contribution >= 0.6 is 0 Å². The van der Waals surface area contributed by atoms with Crippen LogP contribution in [0, 0.1) is 0 Å². The second-order valence-electron chi connectivity index (χ2n) is 5.14. The summed E-state index contributed by atoms with van der Waals surface area (Å²) in [6.45, 7) is 4.88. The molecular weight excluding hydrogens is 224 g/mol. The molecule has 2 nitrogen and oxygen atoms in total. The molecule has 0 fully saturated rings. The Kier molecular flexibility index (Phi) is 16.8. The molecule has 0 unspecified atom stereocenters. The van der Waals surface area contributed by atoms with Crippen molar-refractivity contribution >= 4 is 0 Å². The fraction of sp³-hybridized carbons (Fsp3) is 1.00. The monoisotopic (exact) mass is 258 g/mol. The van der Waals surface area contributed by atoms with E-state index in [1.165, 1.54) is 64.2 Å². The summed E-state index contributed by atoms with van der Waals surface area (Å²) in [4.78, 5) is 0. The summed E-state index contributed by atoms with van der Waals surface area (Å²) in [6, 6.07) is 0. The molecule has 0 saturated carbocycles. The van der Waals surface area contributed by atoms with E-state index >= 15 is 0 Å². The Hall–Kier alpha value is -0.0800. The van der Waals surface area contributed by atoms with Crippen molar-refractivity contribution in [1.82, 2.24) is 0 Å². The summed E-state index contributed by atoms with van der Waals surface area (Å²) >= 11 is 0. The zero-order chi connectivity index (χ0) is 13.3. The predicted octanol–water partition coefficient (Wildman–Crippen LogP) is 4.96. The van der Waals surface area contributed by atoms with Crippen LogP contribution in [0.1, 0.15) is 77.6 Å². The molecule has 0 aromatic heterocycles. The van der Waals surface area contributed by atoms with Crippen molar-refractivity contribution in [3.8, 4) is 0 Å². The van der Waals surface area contributed by atoms with Gasteiger partial charge in [0.2, 0.25) is 0 Å². The van der Waals surface area contributed by atoms with Gasteiger partial charge in [0.15, 0.2) is 0 Å². The fourth-order valence-electron chi connectivity index (χ4n) is 2.10. The number of hydrogen-bond acceptors (Lipinski definition) is 2. The van der Waals surface area contributed by atoms with Gasteiger partial charge in [-0.15, -0.1) is 0 Å². The van der Waals surface area contributed by atoms with Gasteiger partial charge < -0.3 is 9.47 Å². The summed E-state index contributed by atoms with van der Waals surface area (Å²) in [5.74, 6) is 0. The van der Waals surface area contributed by atoms with Crippen molar-refractivity contribution in [2.45, 2.75) is 77.6 Å². The third kappa shape index (κ3) is 15.9. The van der Waals surface area contributed by atoms with Crippen molar-refractivity contribution in [2.75, 3.05) is 26.9 Å². The maximum atomic E-state index is 5.53. The maximum absolute atomic E-state index is 5.53. The summed E-state index contributed by atoms with van der Waals surface area (Å²) < 4.78 is 10.5. The lowest BCUT2D eigenvalue weighted by molar-refractivity contribution is 0.100. The van der Waals surface area contributed by atoms with Gasteiger partial charge in [-0.2, -0.15) is 0 Å². The van der Waals surface area contributed by atoms with Crippen LogP contribution in [0.4, 0.5) is 0 Å². The van der Waals surface area contributed by atoms with Crippen LogP contribution in [0.2, 0.25) is 0 Å². The Morgan fingerprint density at radius 2 is 1.06 bits per heavy atom. The summed E-state index contributed by atoms with van der Waals surface area (Å²) in [5, 5.41) is 0. The van der Waals surface area contributed by atoms with Gasteiger partial charge in [-0.3, -0.25) is 0 Å². The Bertz CT molecular complexity index is 121. The normalized spacial score (nSPS) is 11.0. The van der Waals surface area contributed by atoms with Crippen LogP contribution in [0.15, 0.2) is 0 Å². The highest BCUT2D eigenvalue weighted by Crippen LogP contribution is 2.10. The average Bonchev–Trinajstić information content (AvgIpc) is 2.39. The van der Waals surface area contributed by atoms with Crippen LogP contribution in [-0.2, 0) is 9.47 Å². The summed E-state index contributed by atoms with van der Waals surface area (Å²) in [7, 11) is 1.74. The number of hydrogen-bond donors (Lipinski definition) is 0. The van der Waals surface area contributed by atoms with Crippen molar-refractivity contribution in [3.05, 3.63) is 0 Å². The minimum absolute atomic E-state index is 0.817. The van der Waals surface area contributed by atoms with Gasteiger partial charge in [-0.25, -0.2) is 0 Å². The quantitative estimate of drug-likeness (QED) is 0.386. The Morgan fingerprint density at radius 1 is 0.556 bits per heavy atom. The zero-order valence-electron chi connectivity index (χ0n) is 12.7. The number of methoxy groups -OCH3 is 1. The van der Waals surface area contributed by atoms with Gasteiger partial charge in [0.1, 0.15) is 0 Å². The smallest absolute Gasteiger partial charge is 0.0487 e. The van der Waals surface area contributed by atoms with E-state index in [0.29, 0.717) is 0 Å². The summed E-state index contributed by atoms with van der Waals surface area (Å²) in [6.07, 6.45) is 14.9. The van der Waals surface area contributed by atoms with Gasteiger partial charge in [-0.05, 0) is 12.8 Å². The molecule has 0 aromatic carbocycles. The first kappa shape index (κ1) is 17.9. The number of ether oxygens (including phenoxy) is 2. The molecule has 0 aromatic rings. The van der Waals surface area contributed by atoms with Crippen molar-refractivity contribution in [2.24, 2.45) is 0 Å². The van der Waals surface area contributed by atoms with E-state index in [0.717, 1.165) is 26.2 Å². The van der Waals surface area contributed by atoms with E-state index in [2.05, 4.69) is 6.92 Å². The molecule has 0 bridgehead atoms. The first-order valence-electron chi connectivity index (χ1n) is 7.98. The topological polar surface area (TPSA) is 18.5 Å². The molecule has 0 aliphatic carbocycles. The second-order valence-corrected chi connectivity index (χ2v) is 5.14. The van der Waals surface area contributed by atoms with Crippen LogP contribution in [0.25, 0.3) is 0 Å². The minimum atomic E-state index is 0.817. The molecule has 0 aliphatic heterocycles. The molecular formula is C16H34O2. The van der Waals surface area contributed by atoms with Crippen LogP contribution in [0.3, 0.4) is 0 Å². The maximum Gasteiger partial charge on any atom is 0.0487 e. The van der Waals surface area contributed by atoms with E-state index in [-0.39, 0.29) is 0 Å². The predicted molar refractivity (Wildman–Crippen MR) is 79.2 cm³/mol. The lowest BCUT2D eigenvalue weighted by Gasteiger charge is -2.04. The first-order valence-corrected chi connectivity index (χ1v) is 7.98. The lowest BCUT2D eigenvalue weighted by atomic mass is 10.1. The van der Waals surface area contributed by atoms with E-state index < -0.39 is 0 Å². The lowest BCUT2D eigenvalue weighted by Crippen LogP contribution is -2.00. The van der Waals surface area contributed by atoms with Gasteiger partial charge >= 0.3 is 0 Å². The number of rotatable bonds is 15. The average molecular weight is 258 g/mol. The second kappa shape index (κ2) is 16.9. The number of unbranched alkanes of at least 4 members (excludes halogenated alkanes) is 9. The molecule has 0 spiro atoms. The third-order valence-corrected chi connectivity index (χ3v) is 3.28. The van der Waals surface area contributed by atoms with Gasteiger partial charge in [0.25, 0.3) is 0 Å². The molecule has 0 atom stereocenters. The van der Waals surface area contributed by atoms with Crippen molar-refractivity contribution in [1.29, 1.82) is 0 Å². The van der Waals surface area contributed by atoms with Crippen molar-refractivity contribution < 1.29 is 9.47 Å². The Labute approximate surface area is 114 Å². The van der Waals surface area contributed by atoms with E-state index in [1.807, 2.05) is 0 Å². The molecule has 0 amide bonds. The molecule has 18 heavy (non-hydrogen) atoms. The van der Waals surface area contributed by atoms with Crippen LogP contribution in [0.5, 0.6) is 0 Å². The van der Waals surface area contributed by atoms with Gasteiger partial charge in [0, 0.05) is 26.9 Å². The Morgan fingerprint density at radius 3 is 1.61 bits per heavy atom. The molecule has 0 saturated heterocycles. The minimum Gasteiger partial charge on any atom is -0.385 e. The molecule has 0 radical (unpaired) electrons. The standard InChI is InChI=1S/C16H34O2/c1-3-4-5-6-7-8-9-10-11-12-15-18-16-13-14-17-2/h3-16H2,1-2H3. The molecule has 0 heterocycles. The zero-order valence-corrected chi connectivity index (χ0v) is 12.7. The highest BCUT2D eigenvalue weighted by atomic mass is 16.5. The highest BCUT2D eigenvalue weighted by molar-refractivity contribution is 4.47. The molecule has 0 N–H and O–H groups in total. The molecule has 0 aliphatic rings. The first-order chi connectivity index (χ1) is 8.91. The molecule has 110 valence electrons. The van der Waals surface area contributed by atoms with Crippen LogP contribution < -0.4 is 0 Å². The van der Waals surface area contributed by atoms with E-state index in [9.17, 15) is 0 Å². The summed E-state index contributed by atoms with van der Waals surface area (Å²) in [5.41, 5.74) is 0. The third-order valence-electron chi connectivity index (χ3n) is 3.28. The van der Waals surface area contributed by atoms with Crippen LogP contribution in [-0.4, -0.2) is 26.9 Å². The largest absolute Gasteiger partial charge is 0.385 e. The SMILES string of the molecule is CCCCCCCCCCCCOCCCOC. The highest BCUT2D eigenvalue weighted by Gasteiger charge is 1.93. The van der Waals surface area contributed by atoms with Gasteiger partial charge in [-0.1, -0.05) is 64.7 Å². The Balaban J connectivity index is 2.86. The van der Waals surface area contributed by atoms with Crippen molar-refractivity contribution in [3.63, 3.8) is 0 Å². The van der Waals surface area contributed by atoms with E-state index in [4.69, 9.17) is 9.47 Å².